The molecule has 8 heteroatoms. The molecule has 4 atom stereocenters. The summed E-state index contributed by atoms with van der Waals surface area (Å²) >= 11 is 0. The minimum atomic E-state index is -0.993. The second-order valence-electron chi connectivity index (χ2n) is 10.4. The highest BCUT2D eigenvalue weighted by Crippen LogP contribution is 2.49. The van der Waals surface area contributed by atoms with Crippen LogP contribution < -0.4 is 11.5 Å². The van der Waals surface area contributed by atoms with Crippen molar-refractivity contribution in [2.75, 3.05) is 12.3 Å². The first-order valence-corrected chi connectivity index (χ1v) is 13.7. The molecule has 1 aliphatic heterocycles. The van der Waals surface area contributed by atoms with E-state index in [-0.39, 0.29) is 13.0 Å². The number of carbonyl (C=O) groups is 1. The van der Waals surface area contributed by atoms with E-state index in [4.69, 9.17) is 34.8 Å². The predicted octanol–water partition coefficient (Wildman–Crippen LogP) is 5.11. The topological polar surface area (TPSA) is 119 Å². The van der Waals surface area contributed by atoms with Gasteiger partial charge in [0.2, 0.25) is 5.91 Å². The SMILES string of the molecule is CC1(OCc2ccccc2)C(c2coc(CC(N)=O)c2N)OC(COCc2ccccc2)C1OCc1ccccc1. The van der Waals surface area contributed by atoms with Gasteiger partial charge in [0.1, 0.15) is 29.7 Å². The van der Waals surface area contributed by atoms with Gasteiger partial charge in [-0.05, 0) is 23.6 Å². The molecule has 0 bridgehead atoms. The van der Waals surface area contributed by atoms with E-state index < -0.39 is 29.8 Å². The fraction of sp³-hybridized carbons (Fsp3) is 0.303. The van der Waals surface area contributed by atoms with E-state index in [1.807, 2.05) is 97.9 Å². The van der Waals surface area contributed by atoms with Gasteiger partial charge in [-0.15, -0.1) is 0 Å². The van der Waals surface area contributed by atoms with Crippen LogP contribution in [0.15, 0.2) is 102 Å². The lowest BCUT2D eigenvalue weighted by Gasteiger charge is -2.35. The third-order valence-corrected chi connectivity index (χ3v) is 7.35. The Morgan fingerprint density at radius 1 is 0.854 bits per heavy atom. The highest BCUT2D eigenvalue weighted by molar-refractivity contribution is 5.78. The number of nitrogens with two attached hydrogens (primary N) is 2. The molecular weight excluding hydrogens is 520 g/mol. The van der Waals surface area contributed by atoms with Crippen molar-refractivity contribution in [1.82, 2.24) is 0 Å². The largest absolute Gasteiger partial charge is 0.466 e. The number of primary amides is 1. The smallest absolute Gasteiger partial charge is 0.225 e. The zero-order chi connectivity index (χ0) is 28.7. The van der Waals surface area contributed by atoms with Crippen LogP contribution in [0.3, 0.4) is 0 Å². The number of hydrogen-bond donors (Lipinski definition) is 2. The van der Waals surface area contributed by atoms with Crippen LogP contribution in [0.2, 0.25) is 0 Å². The summed E-state index contributed by atoms with van der Waals surface area (Å²) < 4.78 is 31.8. The van der Waals surface area contributed by atoms with Crippen molar-refractivity contribution < 1.29 is 28.2 Å². The first-order valence-electron chi connectivity index (χ1n) is 13.7. The van der Waals surface area contributed by atoms with Gasteiger partial charge in [-0.25, -0.2) is 0 Å². The van der Waals surface area contributed by atoms with Gasteiger partial charge in [-0.1, -0.05) is 91.0 Å². The van der Waals surface area contributed by atoms with Gasteiger partial charge < -0.3 is 34.8 Å². The van der Waals surface area contributed by atoms with E-state index in [0.29, 0.717) is 36.8 Å². The summed E-state index contributed by atoms with van der Waals surface area (Å²) in [6, 6.07) is 29.8. The van der Waals surface area contributed by atoms with Gasteiger partial charge in [0.15, 0.2) is 0 Å². The first kappa shape index (κ1) is 28.6. The molecular formula is C33H36N2O6. The van der Waals surface area contributed by atoms with E-state index >= 15 is 0 Å². The fourth-order valence-corrected chi connectivity index (χ4v) is 5.20. The lowest BCUT2D eigenvalue weighted by Crippen LogP contribution is -2.47. The van der Waals surface area contributed by atoms with Crippen LogP contribution in [-0.4, -0.2) is 30.3 Å². The highest BCUT2D eigenvalue weighted by Gasteiger charge is 2.57. The van der Waals surface area contributed by atoms with Crippen molar-refractivity contribution in [2.45, 2.75) is 57.1 Å². The van der Waals surface area contributed by atoms with Crippen LogP contribution in [0.1, 0.15) is 41.0 Å². The van der Waals surface area contributed by atoms with Gasteiger partial charge >= 0.3 is 0 Å². The molecule has 0 spiro atoms. The molecule has 0 radical (unpaired) electrons. The summed E-state index contributed by atoms with van der Waals surface area (Å²) in [6.45, 7) is 3.34. The average molecular weight is 557 g/mol. The van der Waals surface area contributed by atoms with Gasteiger partial charge in [-0.2, -0.15) is 0 Å². The first-order chi connectivity index (χ1) is 19.9. The number of amides is 1. The zero-order valence-electron chi connectivity index (χ0n) is 23.1. The normalized spacial score (nSPS) is 22.1. The number of nitrogen functional groups attached to an aromatic ring is 1. The molecule has 1 fully saturated rings. The molecule has 2 heterocycles. The molecule has 5 rings (SSSR count). The van der Waals surface area contributed by atoms with Crippen LogP contribution in [0.25, 0.3) is 0 Å². The lowest BCUT2D eigenvalue weighted by atomic mass is 9.88. The molecule has 1 saturated heterocycles. The quantitative estimate of drug-likeness (QED) is 0.235. The summed E-state index contributed by atoms with van der Waals surface area (Å²) in [4.78, 5) is 11.6. The molecule has 214 valence electrons. The Kier molecular flexibility index (Phi) is 9.16. The van der Waals surface area contributed by atoms with Crippen LogP contribution >= 0.6 is 0 Å². The van der Waals surface area contributed by atoms with E-state index in [9.17, 15) is 4.79 Å². The van der Waals surface area contributed by atoms with Crippen molar-refractivity contribution in [1.29, 1.82) is 0 Å². The van der Waals surface area contributed by atoms with Crippen molar-refractivity contribution in [3.63, 3.8) is 0 Å². The van der Waals surface area contributed by atoms with Crippen molar-refractivity contribution >= 4 is 11.6 Å². The van der Waals surface area contributed by atoms with Crippen molar-refractivity contribution in [2.24, 2.45) is 5.73 Å². The van der Waals surface area contributed by atoms with Crippen LogP contribution in [0, 0.1) is 0 Å². The van der Waals surface area contributed by atoms with Crippen LogP contribution in [0.4, 0.5) is 5.69 Å². The molecule has 8 nitrogen and oxygen atoms in total. The summed E-state index contributed by atoms with van der Waals surface area (Å²) in [5.41, 5.74) is 14.9. The van der Waals surface area contributed by atoms with Crippen molar-refractivity contribution in [3.8, 4) is 0 Å². The lowest BCUT2D eigenvalue weighted by molar-refractivity contribution is -0.147. The molecule has 4 unspecified atom stereocenters. The second-order valence-corrected chi connectivity index (χ2v) is 10.4. The summed E-state index contributed by atoms with van der Waals surface area (Å²) in [5.74, 6) is -0.240. The van der Waals surface area contributed by atoms with Gasteiger partial charge in [0.05, 0.1) is 44.8 Å². The maximum absolute atomic E-state index is 11.6. The molecule has 41 heavy (non-hydrogen) atoms. The number of anilines is 1. The summed E-state index contributed by atoms with van der Waals surface area (Å²) in [5, 5.41) is 0. The third-order valence-electron chi connectivity index (χ3n) is 7.35. The molecule has 4 N–H and O–H groups in total. The van der Waals surface area contributed by atoms with Gasteiger partial charge in [0, 0.05) is 5.56 Å². The highest BCUT2D eigenvalue weighted by atomic mass is 16.6. The van der Waals surface area contributed by atoms with E-state index in [1.54, 1.807) is 0 Å². The summed E-state index contributed by atoms with van der Waals surface area (Å²) in [7, 11) is 0. The number of hydrogen-bond acceptors (Lipinski definition) is 7. The maximum atomic E-state index is 11.6. The number of benzene rings is 3. The molecule has 1 amide bonds. The third kappa shape index (κ3) is 6.86. The number of ether oxygens (including phenoxy) is 4. The Morgan fingerprint density at radius 2 is 1.41 bits per heavy atom. The fourth-order valence-electron chi connectivity index (χ4n) is 5.20. The van der Waals surface area contributed by atoms with Gasteiger partial charge in [-0.3, -0.25) is 4.79 Å². The standard InChI is InChI=1S/C33H36N2O6/c1-33(40-20-25-15-9-4-10-16-25)31(26-21-38-27(30(26)35)17-29(34)36)41-28(22-37-18-23-11-5-2-6-12-23)32(33)39-19-24-13-7-3-8-14-24/h2-16,21,28,31-32H,17-20,22,35H2,1H3,(H2,34,36). The Balaban J connectivity index is 1.45. The Bertz CT molecular complexity index is 1400. The Morgan fingerprint density at radius 3 is 2.00 bits per heavy atom. The molecule has 4 aromatic rings. The Hall–Kier alpha value is -3.95. The molecule has 0 aliphatic carbocycles. The number of carbonyl (C=O) groups excluding carboxylic acids is 1. The summed E-state index contributed by atoms with van der Waals surface area (Å²) in [6.07, 6.45) is -0.271. The molecule has 1 aliphatic rings. The minimum Gasteiger partial charge on any atom is -0.466 e. The predicted molar refractivity (Wildman–Crippen MR) is 154 cm³/mol. The van der Waals surface area contributed by atoms with Gasteiger partial charge in [0.25, 0.3) is 0 Å². The van der Waals surface area contributed by atoms with Crippen LogP contribution in [-0.2, 0) is 50.0 Å². The number of rotatable bonds is 13. The monoisotopic (exact) mass is 556 g/mol. The molecule has 1 aromatic heterocycles. The van der Waals surface area contributed by atoms with E-state index in [2.05, 4.69) is 0 Å². The average Bonchev–Trinajstić information content (AvgIpc) is 3.47. The van der Waals surface area contributed by atoms with E-state index in [0.717, 1.165) is 16.7 Å². The maximum Gasteiger partial charge on any atom is 0.225 e. The Labute approximate surface area is 240 Å². The second kappa shape index (κ2) is 13.1. The minimum absolute atomic E-state index is 0.113. The van der Waals surface area contributed by atoms with Crippen molar-refractivity contribution in [3.05, 3.63) is 125 Å². The molecule has 0 saturated carbocycles. The zero-order valence-corrected chi connectivity index (χ0v) is 23.1. The van der Waals surface area contributed by atoms with E-state index in [1.165, 1.54) is 6.26 Å². The number of furan rings is 1. The van der Waals surface area contributed by atoms with Crippen LogP contribution in [0.5, 0.6) is 0 Å². The molecule has 3 aromatic carbocycles.